The molecule has 0 heterocycles. The third kappa shape index (κ3) is 15.0. The van der Waals surface area contributed by atoms with Gasteiger partial charge >= 0.3 is 5.97 Å². The molecule has 0 aromatic carbocycles. The molecule has 0 bridgehead atoms. The molecule has 0 unspecified atom stereocenters. The molecule has 37 heavy (non-hydrogen) atoms. The highest BCUT2D eigenvalue weighted by atomic mass is 16.4. The van der Waals surface area contributed by atoms with Gasteiger partial charge in [0.25, 0.3) is 0 Å². The van der Waals surface area contributed by atoms with Crippen LogP contribution in [0.1, 0.15) is 32.6 Å². The van der Waals surface area contributed by atoms with Crippen LogP contribution in [-0.2, 0) is 33.6 Å². The Labute approximate surface area is 214 Å². The van der Waals surface area contributed by atoms with Crippen LogP contribution in [-0.4, -0.2) is 103 Å². The minimum absolute atomic E-state index is 0.156. The summed E-state index contributed by atoms with van der Waals surface area (Å²) in [5.74, 6) is -5.17. The number of carboxylic acid groups (broad SMARTS) is 1. The maximum atomic E-state index is 13.0. The fourth-order valence-corrected chi connectivity index (χ4v) is 2.87. The molecule has 5 amide bonds. The first-order valence-corrected chi connectivity index (χ1v) is 11.5. The molecule has 9 N–H and O–H groups in total. The van der Waals surface area contributed by atoms with Crippen molar-refractivity contribution >= 4 is 41.8 Å². The normalized spacial score (nSPS) is 12.7. The monoisotopic (exact) mass is 526 g/mol. The molecule has 0 aliphatic carbocycles. The third-order valence-electron chi connectivity index (χ3n) is 4.71. The molecule has 0 spiro atoms. The Morgan fingerprint density at radius 1 is 1.03 bits per heavy atom. The van der Waals surface area contributed by atoms with Crippen LogP contribution in [0.25, 0.3) is 0 Å². The SMILES string of the molecule is C=CCN(CC(=O)N[C@H]([C]=O)CCCCN)C(=O)[C@H](CC(=O)O)NC(=O)CNC(=O)CNC(=O)[C@H](C)N. The molecule has 207 valence electrons. The number of unbranched alkanes of at least 4 members (excludes halogenated alkanes) is 1. The predicted molar refractivity (Wildman–Crippen MR) is 131 cm³/mol. The lowest BCUT2D eigenvalue weighted by atomic mass is 10.1. The lowest BCUT2D eigenvalue weighted by Crippen LogP contribution is -2.54. The number of amides is 5. The number of aliphatic carboxylic acids is 1. The highest BCUT2D eigenvalue weighted by Crippen LogP contribution is 2.03. The van der Waals surface area contributed by atoms with Gasteiger partial charge < -0.3 is 42.7 Å². The summed E-state index contributed by atoms with van der Waals surface area (Å²) in [5, 5.41) is 18.3. The van der Waals surface area contributed by atoms with Crippen LogP contribution < -0.4 is 32.7 Å². The molecule has 3 atom stereocenters. The van der Waals surface area contributed by atoms with Crippen LogP contribution in [0, 0.1) is 0 Å². The average Bonchev–Trinajstić information content (AvgIpc) is 2.83. The quantitative estimate of drug-likeness (QED) is 0.0640. The molecule has 0 fully saturated rings. The van der Waals surface area contributed by atoms with Crippen molar-refractivity contribution in [3.63, 3.8) is 0 Å². The summed E-state index contributed by atoms with van der Waals surface area (Å²) in [7, 11) is 0. The molecule has 0 aliphatic heterocycles. The van der Waals surface area contributed by atoms with E-state index < -0.39 is 79.7 Å². The summed E-state index contributed by atoms with van der Waals surface area (Å²) in [6.45, 7) is 3.59. The number of hydrogen-bond donors (Lipinski definition) is 7. The van der Waals surface area contributed by atoms with Gasteiger partial charge in [0.05, 0.1) is 38.1 Å². The summed E-state index contributed by atoms with van der Waals surface area (Å²) in [4.78, 5) is 84.1. The van der Waals surface area contributed by atoms with E-state index in [9.17, 15) is 38.7 Å². The maximum absolute atomic E-state index is 13.0. The van der Waals surface area contributed by atoms with Gasteiger partial charge in [0.1, 0.15) is 6.04 Å². The van der Waals surface area contributed by atoms with Crippen molar-refractivity contribution in [1.29, 1.82) is 0 Å². The van der Waals surface area contributed by atoms with E-state index in [1.54, 1.807) is 6.29 Å². The fraction of sp³-hybridized carbons (Fsp3) is 0.591. The Kier molecular flexibility index (Phi) is 16.5. The Morgan fingerprint density at radius 2 is 1.68 bits per heavy atom. The largest absolute Gasteiger partial charge is 0.481 e. The van der Waals surface area contributed by atoms with Crippen LogP contribution in [0.5, 0.6) is 0 Å². The standard InChI is InChI=1S/C22H36N7O8/c1-3-8-29(12-19(33)27-15(13-30)6-4-5-7-23)22(37)16(9-20(34)35)28-18(32)11-25-17(31)10-26-21(36)14(2)24/h3,14-16H,1,4-12,23-24H2,2H3,(H,25,31)(H,26,36)(H,27,33)(H,28,32)(H,34,35)/t14-,15-,16-/m0/s1. The molecule has 0 saturated carbocycles. The second-order valence-corrected chi connectivity index (χ2v) is 8.03. The minimum Gasteiger partial charge on any atom is -0.481 e. The van der Waals surface area contributed by atoms with Gasteiger partial charge in [-0.05, 0) is 32.7 Å². The number of carbonyl (C=O) groups excluding carboxylic acids is 6. The van der Waals surface area contributed by atoms with E-state index in [1.165, 1.54) is 13.0 Å². The van der Waals surface area contributed by atoms with E-state index >= 15 is 0 Å². The Bertz CT molecular complexity index is 834. The van der Waals surface area contributed by atoms with Crippen molar-refractivity contribution in [3.05, 3.63) is 12.7 Å². The second-order valence-electron chi connectivity index (χ2n) is 8.03. The van der Waals surface area contributed by atoms with E-state index in [1.807, 2.05) is 0 Å². The summed E-state index contributed by atoms with van der Waals surface area (Å²) in [6, 6.07) is -3.31. The highest BCUT2D eigenvalue weighted by Gasteiger charge is 2.29. The number of nitrogens with zero attached hydrogens (tertiary/aromatic N) is 1. The van der Waals surface area contributed by atoms with Crippen LogP contribution >= 0.6 is 0 Å². The first-order chi connectivity index (χ1) is 17.4. The molecule has 0 aromatic heterocycles. The van der Waals surface area contributed by atoms with Crippen LogP contribution in [0.15, 0.2) is 12.7 Å². The molecule has 15 nitrogen and oxygen atoms in total. The zero-order valence-electron chi connectivity index (χ0n) is 20.8. The Hall–Kier alpha value is -3.85. The van der Waals surface area contributed by atoms with Gasteiger partial charge in [-0.25, -0.2) is 0 Å². The van der Waals surface area contributed by atoms with Crippen molar-refractivity contribution < 1.29 is 38.7 Å². The zero-order valence-corrected chi connectivity index (χ0v) is 20.8. The first-order valence-electron chi connectivity index (χ1n) is 11.5. The van der Waals surface area contributed by atoms with Crippen LogP contribution in [0.2, 0.25) is 0 Å². The molecule has 0 rings (SSSR count). The molecule has 0 aromatic rings. The Morgan fingerprint density at radius 3 is 2.22 bits per heavy atom. The fourth-order valence-electron chi connectivity index (χ4n) is 2.87. The Balaban J connectivity index is 5.12. The van der Waals surface area contributed by atoms with Gasteiger partial charge in [-0.1, -0.05) is 6.08 Å². The molecular weight excluding hydrogens is 490 g/mol. The van der Waals surface area contributed by atoms with Crippen molar-refractivity contribution in [3.8, 4) is 0 Å². The van der Waals surface area contributed by atoms with E-state index in [0.717, 1.165) is 4.90 Å². The van der Waals surface area contributed by atoms with Crippen molar-refractivity contribution in [2.24, 2.45) is 11.5 Å². The van der Waals surface area contributed by atoms with Crippen LogP contribution in [0.4, 0.5) is 0 Å². The smallest absolute Gasteiger partial charge is 0.305 e. The maximum Gasteiger partial charge on any atom is 0.305 e. The van der Waals surface area contributed by atoms with E-state index in [0.29, 0.717) is 25.8 Å². The molecule has 0 aliphatic rings. The third-order valence-corrected chi connectivity index (χ3v) is 4.71. The first kappa shape index (κ1) is 33.1. The summed E-state index contributed by atoms with van der Waals surface area (Å²) in [6.07, 6.45) is 3.72. The second kappa shape index (κ2) is 18.4. The van der Waals surface area contributed by atoms with E-state index in [4.69, 9.17) is 11.5 Å². The van der Waals surface area contributed by atoms with Gasteiger partial charge in [0.2, 0.25) is 35.8 Å². The van der Waals surface area contributed by atoms with E-state index in [-0.39, 0.29) is 6.54 Å². The van der Waals surface area contributed by atoms with Gasteiger partial charge in [0.15, 0.2) is 0 Å². The summed E-state index contributed by atoms with van der Waals surface area (Å²) >= 11 is 0. The summed E-state index contributed by atoms with van der Waals surface area (Å²) in [5.41, 5.74) is 10.8. The molecule has 0 saturated heterocycles. The van der Waals surface area contributed by atoms with Gasteiger partial charge in [-0.15, -0.1) is 6.58 Å². The molecule has 15 heteroatoms. The van der Waals surface area contributed by atoms with Gasteiger partial charge in [-0.3, -0.25) is 33.6 Å². The summed E-state index contributed by atoms with van der Waals surface area (Å²) < 4.78 is 0. The van der Waals surface area contributed by atoms with Crippen molar-refractivity contribution in [1.82, 2.24) is 26.2 Å². The number of carbonyl (C=O) groups is 6. The minimum atomic E-state index is -1.56. The van der Waals surface area contributed by atoms with Crippen molar-refractivity contribution in [2.75, 3.05) is 32.7 Å². The number of carboxylic acids is 1. The lowest BCUT2D eigenvalue weighted by molar-refractivity contribution is -0.144. The molecular formula is C22H36N7O8. The average molecular weight is 527 g/mol. The molecule has 1 radical (unpaired) electrons. The highest BCUT2D eigenvalue weighted by molar-refractivity contribution is 5.95. The zero-order chi connectivity index (χ0) is 28.4. The van der Waals surface area contributed by atoms with E-state index in [2.05, 4.69) is 27.8 Å². The van der Waals surface area contributed by atoms with Gasteiger partial charge in [0, 0.05) is 6.54 Å². The topological polar surface area (TPSA) is 243 Å². The van der Waals surface area contributed by atoms with Crippen LogP contribution in [0.3, 0.4) is 0 Å². The lowest BCUT2D eigenvalue weighted by Gasteiger charge is -2.26. The predicted octanol–water partition coefficient (Wildman–Crippen LogP) is -3.74. The number of nitrogens with one attached hydrogen (secondary N) is 4. The number of hydrogen-bond acceptors (Lipinski definition) is 9. The number of rotatable bonds is 19. The number of nitrogens with two attached hydrogens (primary N) is 2. The van der Waals surface area contributed by atoms with Gasteiger partial charge in [-0.2, -0.15) is 0 Å². The van der Waals surface area contributed by atoms with Crippen molar-refractivity contribution in [2.45, 2.75) is 50.7 Å².